The van der Waals surface area contributed by atoms with Crippen LogP contribution in [0.1, 0.15) is 26.2 Å². The van der Waals surface area contributed by atoms with Gasteiger partial charge >= 0.3 is 0 Å². The number of aliphatic hydroxyl groups excluding tert-OH is 1. The highest BCUT2D eigenvalue weighted by Gasteiger charge is 2.74. The maximum Gasteiger partial charge on any atom is 0.0548 e. The Bertz CT molecular complexity index is 319. The van der Waals surface area contributed by atoms with Gasteiger partial charge in [0.1, 0.15) is 0 Å². The first-order valence-electron chi connectivity index (χ1n) is 6.12. The lowest BCUT2D eigenvalue weighted by Crippen LogP contribution is -2.34. The fourth-order valence-electron chi connectivity index (χ4n) is 5.33. The molecule has 4 rings (SSSR count). The molecule has 1 spiro atoms. The van der Waals surface area contributed by atoms with E-state index in [0.29, 0.717) is 11.3 Å². The van der Waals surface area contributed by atoms with Gasteiger partial charge in [-0.3, -0.25) is 0 Å². The van der Waals surface area contributed by atoms with Gasteiger partial charge in [-0.1, -0.05) is 12.2 Å². The largest absolute Gasteiger partial charge is 0.393 e. The van der Waals surface area contributed by atoms with Gasteiger partial charge in [-0.25, -0.2) is 0 Å². The summed E-state index contributed by atoms with van der Waals surface area (Å²) in [6, 6.07) is 0. The topological polar surface area (TPSA) is 20.2 Å². The van der Waals surface area contributed by atoms with E-state index in [2.05, 4.69) is 12.2 Å². The van der Waals surface area contributed by atoms with Crippen molar-refractivity contribution >= 4 is 0 Å². The van der Waals surface area contributed by atoms with Crippen LogP contribution in [-0.4, -0.2) is 11.2 Å². The summed E-state index contributed by atoms with van der Waals surface area (Å²) in [6.45, 7) is 2.00. The molecule has 0 amide bonds. The van der Waals surface area contributed by atoms with E-state index in [0.717, 1.165) is 23.7 Å². The van der Waals surface area contributed by atoms with Crippen LogP contribution in [0.5, 0.6) is 0 Å². The minimum Gasteiger partial charge on any atom is -0.393 e. The van der Waals surface area contributed by atoms with Crippen LogP contribution >= 0.6 is 0 Å². The molecule has 4 aliphatic carbocycles. The zero-order valence-corrected chi connectivity index (χ0v) is 8.69. The van der Waals surface area contributed by atoms with E-state index in [1.54, 1.807) is 0 Å². The SMILES string of the molecule is C[C@H](O)[C@@H]1CCC2CC3C4C=C[C@]21C43. The highest BCUT2D eigenvalue weighted by atomic mass is 16.3. The standard InChI is InChI=1S/C13H18O/c1-7(14)11-3-2-8-6-10-9-4-5-13(8,11)12(9)10/h4-5,7-12,14H,2-3,6H2,1H3/t7-,8?,9?,10?,11-,12?,13-/m0/s1. The van der Waals surface area contributed by atoms with Crippen molar-refractivity contribution in [1.82, 2.24) is 0 Å². The molecule has 3 saturated carbocycles. The fourth-order valence-corrected chi connectivity index (χ4v) is 5.33. The van der Waals surface area contributed by atoms with E-state index < -0.39 is 0 Å². The van der Waals surface area contributed by atoms with E-state index in [1.165, 1.54) is 19.3 Å². The average Bonchev–Trinajstić information content (AvgIpc) is 2.49. The Morgan fingerprint density at radius 2 is 2.29 bits per heavy atom. The second-order valence-electron chi connectivity index (χ2n) is 5.98. The van der Waals surface area contributed by atoms with Gasteiger partial charge in [-0.05, 0) is 61.2 Å². The number of aliphatic hydroxyl groups is 1. The number of hydrogen-bond acceptors (Lipinski definition) is 1. The summed E-state index contributed by atoms with van der Waals surface area (Å²) in [4.78, 5) is 0. The summed E-state index contributed by atoms with van der Waals surface area (Å²) in [5.74, 6) is 4.39. The molecule has 76 valence electrons. The van der Waals surface area contributed by atoms with Crippen LogP contribution in [0, 0.1) is 35.0 Å². The zero-order chi connectivity index (χ0) is 9.50. The van der Waals surface area contributed by atoms with Gasteiger partial charge in [0.25, 0.3) is 0 Å². The Kier molecular flexibility index (Phi) is 1.19. The van der Waals surface area contributed by atoms with Crippen molar-refractivity contribution in [2.75, 3.05) is 0 Å². The molecule has 0 radical (unpaired) electrons. The van der Waals surface area contributed by atoms with Crippen molar-refractivity contribution in [3.63, 3.8) is 0 Å². The number of hydrogen-bond donors (Lipinski definition) is 1. The maximum absolute atomic E-state index is 9.92. The Morgan fingerprint density at radius 3 is 3.07 bits per heavy atom. The molecule has 0 heterocycles. The summed E-state index contributed by atoms with van der Waals surface area (Å²) >= 11 is 0. The van der Waals surface area contributed by atoms with Crippen molar-refractivity contribution in [3.8, 4) is 0 Å². The lowest BCUT2D eigenvalue weighted by Gasteiger charge is -2.35. The Hall–Kier alpha value is -0.300. The molecule has 1 nitrogen and oxygen atoms in total. The highest BCUT2D eigenvalue weighted by molar-refractivity contribution is 5.35. The van der Waals surface area contributed by atoms with E-state index in [9.17, 15) is 5.11 Å². The van der Waals surface area contributed by atoms with Gasteiger partial charge in [0.15, 0.2) is 0 Å². The molecular formula is C13H18O. The zero-order valence-electron chi connectivity index (χ0n) is 8.69. The Balaban J connectivity index is 1.82. The van der Waals surface area contributed by atoms with Gasteiger partial charge in [-0.2, -0.15) is 0 Å². The van der Waals surface area contributed by atoms with Crippen LogP contribution in [0.15, 0.2) is 12.2 Å². The molecular weight excluding hydrogens is 172 g/mol. The van der Waals surface area contributed by atoms with Crippen LogP contribution in [0.25, 0.3) is 0 Å². The lowest BCUT2D eigenvalue weighted by molar-refractivity contribution is 0.0550. The molecule has 4 aliphatic rings. The van der Waals surface area contributed by atoms with Crippen molar-refractivity contribution in [2.45, 2.75) is 32.3 Å². The molecule has 4 unspecified atom stereocenters. The molecule has 0 aromatic heterocycles. The lowest BCUT2D eigenvalue weighted by atomic mass is 9.70. The third-order valence-corrected chi connectivity index (χ3v) is 5.73. The van der Waals surface area contributed by atoms with E-state index in [-0.39, 0.29) is 6.10 Å². The number of allylic oxidation sites excluding steroid dienone is 2. The first-order chi connectivity index (χ1) is 6.75. The molecule has 0 aliphatic heterocycles. The maximum atomic E-state index is 9.92. The Morgan fingerprint density at radius 1 is 1.43 bits per heavy atom. The summed E-state index contributed by atoms with van der Waals surface area (Å²) < 4.78 is 0. The second-order valence-corrected chi connectivity index (χ2v) is 5.98. The first-order valence-corrected chi connectivity index (χ1v) is 6.12. The van der Waals surface area contributed by atoms with Crippen LogP contribution in [0.3, 0.4) is 0 Å². The van der Waals surface area contributed by atoms with Crippen molar-refractivity contribution in [1.29, 1.82) is 0 Å². The van der Waals surface area contributed by atoms with E-state index in [4.69, 9.17) is 0 Å². The molecule has 7 atom stereocenters. The molecule has 0 saturated heterocycles. The highest BCUT2D eigenvalue weighted by Crippen LogP contribution is 2.79. The van der Waals surface area contributed by atoms with Gasteiger partial charge in [-0.15, -0.1) is 0 Å². The molecule has 0 aromatic carbocycles. The predicted octanol–water partition coefficient (Wildman–Crippen LogP) is 2.22. The van der Waals surface area contributed by atoms with Gasteiger partial charge in [0, 0.05) is 0 Å². The molecule has 1 N–H and O–H groups in total. The van der Waals surface area contributed by atoms with Crippen molar-refractivity contribution in [3.05, 3.63) is 12.2 Å². The average molecular weight is 190 g/mol. The van der Waals surface area contributed by atoms with Crippen LogP contribution in [0.2, 0.25) is 0 Å². The monoisotopic (exact) mass is 190 g/mol. The summed E-state index contributed by atoms with van der Waals surface area (Å²) in [6.07, 6.45) is 8.98. The van der Waals surface area contributed by atoms with Crippen molar-refractivity contribution in [2.24, 2.45) is 35.0 Å². The van der Waals surface area contributed by atoms with E-state index in [1.807, 2.05) is 6.92 Å². The van der Waals surface area contributed by atoms with Crippen LogP contribution in [-0.2, 0) is 0 Å². The van der Waals surface area contributed by atoms with E-state index >= 15 is 0 Å². The fraction of sp³-hybridized carbons (Fsp3) is 0.846. The Labute approximate surface area is 85.2 Å². The molecule has 1 heteroatoms. The molecule has 0 aromatic rings. The predicted molar refractivity (Wildman–Crippen MR) is 54.6 cm³/mol. The third kappa shape index (κ3) is 0.614. The summed E-state index contributed by atoms with van der Waals surface area (Å²) in [7, 11) is 0. The van der Waals surface area contributed by atoms with Gasteiger partial charge < -0.3 is 5.11 Å². The molecule has 3 fully saturated rings. The number of fused-ring (bicyclic) bond motifs is 1. The molecule has 0 bridgehead atoms. The van der Waals surface area contributed by atoms with Crippen molar-refractivity contribution < 1.29 is 5.11 Å². The van der Waals surface area contributed by atoms with Gasteiger partial charge in [0.05, 0.1) is 6.10 Å². The van der Waals surface area contributed by atoms with Crippen LogP contribution in [0.4, 0.5) is 0 Å². The van der Waals surface area contributed by atoms with Crippen LogP contribution < -0.4 is 0 Å². The minimum atomic E-state index is -0.0947. The smallest absolute Gasteiger partial charge is 0.0548 e. The van der Waals surface area contributed by atoms with Gasteiger partial charge in [0.2, 0.25) is 0 Å². The molecule has 14 heavy (non-hydrogen) atoms. The summed E-state index contributed by atoms with van der Waals surface area (Å²) in [5.41, 5.74) is 0.462. The minimum absolute atomic E-state index is 0.0947. The summed E-state index contributed by atoms with van der Waals surface area (Å²) in [5, 5.41) is 9.92. The second kappa shape index (κ2) is 2.11. The third-order valence-electron chi connectivity index (χ3n) is 5.73. The quantitative estimate of drug-likeness (QED) is 0.629. The number of rotatable bonds is 1. The first kappa shape index (κ1) is 7.92. The normalized spacial score (nSPS) is 64.0.